The lowest BCUT2D eigenvalue weighted by Gasteiger charge is -2.24. The quantitative estimate of drug-likeness (QED) is 0.766. The number of aromatic amines is 1. The van der Waals surface area contributed by atoms with E-state index < -0.39 is 5.97 Å². The molecule has 2 aromatic heterocycles. The lowest BCUT2D eigenvalue weighted by molar-refractivity contribution is 0.0698. The van der Waals surface area contributed by atoms with E-state index >= 15 is 0 Å². The van der Waals surface area contributed by atoms with Crippen molar-refractivity contribution >= 4 is 22.8 Å². The van der Waals surface area contributed by atoms with Gasteiger partial charge in [0, 0.05) is 30.4 Å². The maximum atomic E-state index is 11.7. The zero-order valence-electron chi connectivity index (χ0n) is 14.0. The van der Waals surface area contributed by atoms with Crippen LogP contribution in [-0.4, -0.2) is 44.3 Å². The number of aromatic nitrogens is 4. The van der Waals surface area contributed by atoms with Crippen molar-refractivity contribution in [3.05, 3.63) is 35.8 Å². The van der Waals surface area contributed by atoms with Crippen molar-refractivity contribution in [3.8, 4) is 11.1 Å². The highest BCUT2D eigenvalue weighted by atomic mass is 16.4. The number of aromatic carboxylic acids is 1. The third kappa shape index (κ3) is 2.68. The maximum Gasteiger partial charge on any atom is 0.336 e. The number of nitrogens with zero attached hydrogens (tertiary/aromatic N) is 4. The van der Waals surface area contributed by atoms with Gasteiger partial charge in [0.1, 0.15) is 0 Å². The Morgan fingerprint density at radius 3 is 2.54 bits per heavy atom. The second-order valence-electron chi connectivity index (χ2n) is 6.02. The van der Waals surface area contributed by atoms with Crippen LogP contribution in [0.1, 0.15) is 29.9 Å². The summed E-state index contributed by atoms with van der Waals surface area (Å²) in [7, 11) is 1.95. The molecule has 24 heavy (non-hydrogen) atoms. The molecule has 0 aliphatic carbocycles. The number of carboxylic acids is 1. The van der Waals surface area contributed by atoms with E-state index in [-0.39, 0.29) is 11.6 Å². The van der Waals surface area contributed by atoms with Crippen molar-refractivity contribution < 1.29 is 9.90 Å². The summed E-state index contributed by atoms with van der Waals surface area (Å²) in [4.78, 5) is 22.9. The minimum absolute atomic E-state index is 0.181. The van der Waals surface area contributed by atoms with E-state index in [2.05, 4.69) is 34.0 Å². The van der Waals surface area contributed by atoms with Gasteiger partial charge < -0.3 is 10.0 Å². The topological polar surface area (TPSA) is 95.0 Å². The molecule has 0 unspecified atom stereocenters. The highest BCUT2D eigenvalue weighted by molar-refractivity contribution is 6.00. The van der Waals surface area contributed by atoms with Gasteiger partial charge in [-0.15, -0.1) is 0 Å². The summed E-state index contributed by atoms with van der Waals surface area (Å²) in [5.41, 5.74) is 3.49. The summed E-state index contributed by atoms with van der Waals surface area (Å²) in [5.74, 6) is -0.251. The van der Waals surface area contributed by atoms with Crippen LogP contribution in [0.5, 0.6) is 0 Å². The average molecular weight is 325 g/mol. The third-order valence-electron chi connectivity index (χ3n) is 4.10. The number of hydrogen-bond acceptors (Lipinski definition) is 5. The minimum atomic E-state index is -1.01. The van der Waals surface area contributed by atoms with Gasteiger partial charge in [0.2, 0.25) is 0 Å². The van der Waals surface area contributed by atoms with Crippen LogP contribution in [0.3, 0.4) is 0 Å². The number of hydrogen-bond donors (Lipinski definition) is 2. The van der Waals surface area contributed by atoms with E-state index in [1.165, 1.54) is 0 Å². The summed E-state index contributed by atoms with van der Waals surface area (Å²) in [5, 5.41) is 16.2. The largest absolute Gasteiger partial charge is 0.478 e. The van der Waals surface area contributed by atoms with Crippen LogP contribution in [0.2, 0.25) is 0 Å². The summed E-state index contributed by atoms with van der Waals surface area (Å²) in [6, 6.07) is 3.59. The van der Waals surface area contributed by atoms with Crippen LogP contribution in [0, 0.1) is 6.92 Å². The number of carbonyl (C=O) groups is 1. The molecule has 2 N–H and O–H groups in total. The number of benzene rings is 1. The van der Waals surface area contributed by atoms with E-state index in [4.69, 9.17) is 0 Å². The smallest absolute Gasteiger partial charge is 0.336 e. The molecule has 0 atom stereocenters. The Morgan fingerprint density at radius 2 is 1.96 bits per heavy atom. The normalized spacial score (nSPS) is 11.2. The molecular formula is C17H19N5O2. The first kappa shape index (κ1) is 15.9. The molecule has 0 aliphatic heterocycles. The summed E-state index contributed by atoms with van der Waals surface area (Å²) < 4.78 is 0. The second-order valence-corrected chi connectivity index (χ2v) is 6.02. The van der Waals surface area contributed by atoms with Gasteiger partial charge in [0.25, 0.3) is 0 Å². The average Bonchev–Trinajstić information content (AvgIpc) is 3.06. The van der Waals surface area contributed by atoms with E-state index in [9.17, 15) is 9.90 Å². The van der Waals surface area contributed by atoms with E-state index in [1.807, 2.05) is 18.9 Å². The van der Waals surface area contributed by atoms with Gasteiger partial charge in [-0.3, -0.25) is 5.10 Å². The van der Waals surface area contributed by atoms with Gasteiger partial charge in [-0.1, -0.05) is 0 Å². The Labute approximate surface area is 139 Å². The maximum absolute atomic E-state index is 11.7. The van der Waals surface area contributed by atoms with E-state index in [0.717, 1.165) is 11.5 Å². The molecule has 0 saturated heterocycles. The molecule has 0 spiro atoms. The first-order chi connectivity index (χ1) is 11.4. The number of aryl methyl sites for hydroxylation is 1. The van der Waals surface area contributed by atoms with Crippen LogP contribution in [0.4, 0.5) is 5.82 Å². The fourth-order valence-corrected chi connectivity index (χ4v) is 2.57. The predicted molar refractivity (Wildman–Crippen MR) is 92.4 cm³/mol. The molecule has 7 heteroatoms. The molecule has 0 fully saturated rings. The Hall–Kier alpha value is -2.96. The predicted octanol–water partition coefficient (Wildman–Crippen LogP) is 2.87. The van der Waals surface area contributed by atoms with Crippen LogP contribution >= 0.6 is 0 Å². The Balaban J connectivity index is 2.25. The molecule has 0 bridgehead atoms. The Morgan fingerprint density at radius 1 is 1.25 bits per heavy atom. The van der Waals surface area contributed by atoms with E-state index in [0.29, 0.717) is 22.2 Å². The molecule has 0 radical (unpaired) electrons. The van der Waals surface area contributed by atoms with Crippen molar-refractivity contribution in [1.82, 2.24) is 20.2 Å². The lowest BCUT2D eigenvalue weighted by atomic mass is 10.0. The van der Waals surface area contributed by atoms with Crippen LogP contribution in [0.15, 0.2) is 24.5 Å². The summed E-state index contributed by atoms with van der Waals surface area (Å²) >= 11 is 0. The molecule has 7 nitrogen and oxygen atoms in total. The third-order valence-corrected chi connectivity index (χ3v) is 4.10. The highest BCUT2D eigenvalue weighted by Crippen LogP contribution is 2.29. The minimum Gasteiger partial charge on any atom is -0.478 e. The Bertz CT molecular complexity index is 903. The molecule has 124 valence electrons. The lowest BCUT2D eigenvalue weighted by Crippen LogP contribution is -2.27. The van der Waals surface area contributed by atoms with Crippen LogP contribution in [0.25, 0.3) is 22.2 Å². The number of H-pyrrole nitrogens is 1. The van der Waals surface area contributed by atoms with E-state index in [1.54, 1.807) is 24.5 Å². The number of anilines is 1. The first-order valence-electron chi connectivity index (χ1n) is 7.66. The van der Waals surface area contributed by atoms with Crippen molar-refractivity contribution in [1.29, 1.82) is 0 Å². The van der Waals surface area contributed by atoms with Crippen molar-refractivity contribution in [2.75, 3.05) is 11.9 Å². The molecule has 1 aromatic carbocycles. The summed E-state index contributed by atoms with van der Waals surface area (Å²) in [6.45, 7) is 6.04. The fourth-order valence-electron chi connectivity index (χ4n) is 2.57. The standard InChI is InChI=1S/C17H19N5O2/c1-9(2)22(4)16-10(3)20-14-5-12(11-7-18-19-8-11)13(17(23)24)6-15(14)21-16/h5-9H,1-4H3,(H,18,19)(H,23,24). The first-order valence-corrected chi connectivity index (χ1v) is 7.66. The molecule has 3 aromatic rings. The molecule has 0 aliphatic rings. The van der Waals surface area contributed by atoms with Gasteiger partial charge in [-0.25, -0.2) is 14.8 Å². The number of nitrogens with one attached hydrogen (secondary N) is 1. The number of carboxylic acid groups (broad SMARTS) is 1. The molecule has 0 amide bonds. The van der Waals surface area contributed by atoms with Gasteiger partial charge in [-0.05, 0) is 32.9 Å². The Kier molecular flexibility index (Phi) is 3.92. The van der Waals surface area contributed by atoms with Crippen LogP contribution < -0.4 is 4.90 Å². The van der Waals surface area contributed by atoms with Gasteiger partial charge in [0.15, 0.2) is 5.82 Å². The number of rotatable bonds is 4. The zero-order chi connectivity index (χ0) is 17.4. The monoisotopic (exact) mass is 325 g/mol. The van der Waals surface area contributed by atoms with Crippen molar-refractivity contribution in [3.63, 3.8) is 0 Å². The van der Waals surface area contributed by atoms with Gasteiger partial charge >= 0.3 is 5.97 Å². The molecule has 0 saturated carbocycles. The van der Waals surface area contributed by atoms with Gasteiger partial charge in [-0.2, -0.15) is 5.10 Å². The SMILES string of the molecule is Cc1nc2cc(-c3cn[nH]c3)c(C(=O)O)cc2nc1N(C)C(C)C. The van der Waals surface area contributed by atoms with Crippen molar-refractivity contribution in [2.24, 2.45) is 0 Å². The number of fused-ring (bicyclic) bond motifs is 1. The van der Waals surface area contributed by atoms with Crippen molar-refractivity contribution in [2.45, 2.75) is 26.8 Å². The molecule has 3 rings (SSSR count). The van der Waals surface area contributed by atoms with Gasteiger partial charge in [0.05, 0.1) is 28.5 Å². The molecule has 2 heterocycles. The summed E-state index contributed by atoms with van der Waals surface area (Å²) in [6.07, 6.45) is 3.25. The second kappa shape index (κ2) is 5.92. The fraction of sp³-hybridized carbons (Fsp3) is 0.294. The zero-order valence-corrected chi connectivity index (χ0v) is 14.0. The highest BCUT2D eigenvalue weighted by Gasteiger charge is 2.18. The van der Waals surface area contributed by atoms with Crippen LogP contribution in [-0.2, 0) is 0 Å². The molecular weight excluding hydrogens is 306 g/mol.